The monoisotopic (exact) mass is 327 g/mol. The maximum Gasteiger partial charge on any atom is 0.260 e. The van der Waals surface area contributed by atoms with Crippen molar-refractivity contribution < 1.29 is 9.21 Å². The molecule has 0 spiro atoms. The first-order valence-corrected chi connectivity index (χ1v) is 6.47. The summed E-state index contributed by atoms with van der Waals surface area (Å²) in [6.07, 6.45) is 1.39. The van der Waals surface area contributed by atoms with Gasteiger partial charge in [-0.05, 0) is 54.8 Å². The van der Waals surface area contributed by atoms with Crippen molar-refractivity contribution in [1.82, 2.24) is 0 Å². The van der Waals surface area contributed by atoms with E-state index in [1.807, 2.05) is 26.0 Å². The molecule has 5 heteroatoms. The van der Waals surface area contributed by atoms with Gasteiger partial charge in [0.15, 0.2) is 0 Å². The number of halogens is 2. The summed E-state index contributed by atoms with van der Waals surface area (Å²) < 4.78 is 5.88. The zero-order valence-electron chi connectivity index (χ0n) is 9.88. The average Bonchev–Trinajstić information content (AvgIpc) is 2.69. The molecule has 2 rings (SSSR count). The smallest absolute Gasteiger partial charge is 0.260 e. The second-order valence-electron chi connectivity index (χ2n) is 3.98. The lowest BCUT2D eigenvalue weighted by Crippen LogP contribution is -2.13. The summed E-state index contributed by atoms with van der Waals surface area (Å²) in [6.45, 7) is 3.87. The number of aryl methyl sites for hydroxylation is 2. The fourth-order valence-electron chi connectivity index (χ4n) is 1.74. The van der Waals surface area contributed by atoms with Crippen molar-refractivity contribution in [3.63, 3.8) is 0 Å². The van der Waals surface area contributed by atoms with E-state index < -0.39 is 0 Å². The second kappa shape index (κ2) is 5.16. The molecule has 0 radical (unpaired) electrons. The molecule has 1 aromatic carbocycles. The van der Waals surface area contributed by atoms with Crippen molar-refractivity contribution in [2.45, 2.75) is 13.8 Å². The third-order valence-corrected chi connectivity index (χ3v) is 3.35. The summed E-state index contributed by atoms with van der Waals surface area (Å²) in [4.78, 5) is 12.0. The Hall–Kier alpha value is -1.26. The number of carbonyl (C=O) groups is 1. The van der Waals surface area contributed by atoms with Crippen LogP contribution in [0.3, 0.4) is 0 Å². The summed E-state index contributed by atoms with van der Waals surface area (Å²) >= 11 is 9.19. The SMILES string of the molecule is Cc1cc(Br)cc(C)c1NC(=O)c1ccoc1Cl. The number of nitrogens with one attached hydrogen (secondary N) is 1. The number of furan rings is 1. The summed E-state index contributed by atoms with van der Waals surface area (Å²) in [6, 6.07) is 5.43. The molecule has 0 bridgehead atoms. The minimum absolute atomic E-state index is 0.0971. The van der Waals surface area contributed by atoms with Crippen molar-refractivity contribution in [2.75, 3.05) is 5.32 Å². The van der Waals surface area contributed by atoms with Crippen molar-refractivity contribution in [3.05, 3.63) is 50.8 Å². The largest absolute Gasteiger partial charge is 0.452 e. The van der Waals surface area contributed by atoms with Gasteiger partial charge in [0.25, 0.3) is 5.91 Å². The fourth-order valence-corrected chi connectivity index (χ4v) is 2.63. The highest BCUT2D eigenvalue weighted by Crippen LogP contribution is 2.26. The van der Waals surface area contributed by atoms with E-state index in [0.717, 1.165) is 21.3 Å². The van der Waals surface area contributed by atoms with Gasteiger partial charge in [-0.15, -0.1) is 0 Å². The minimum atomic E-state index is -0.276. The van der Waals surface area contributed by atoms with Gasteiger partial charge in [-0.1, -0.05) is 15.9 Å². The van der Waals surface area contributed by atoms with Crippen molar-refractivity contribution in [3.8, 4) is 0 Å². The highest BCUT2D eigenvalue weighted by Gasteiger charge is 2.15. The van der Waals surface area contributed by atoms with E-state index in [2.05, 4.69) is 21.2 Å². The number of rotatable bonds is 2. The Morgan fingerprint density at radius 2 is 1.94 bits per heavy atom. The van der Waals surface area contributed by atoms with Gasteiger partial charge in [-0.2, -0.15) is 0 Å². The van der Waals surface area contributed by atoms with Gasteiger partial charge in [0, 0.05) is 10.2 Å². The van der Waals surface area contributed by atoms with E-state index in [4.69, 9.17) is 16.0 Å². The molecule has 1 aromatic heterocycles. The lowest BCUT2D eigenvalue weighted by atomic mass is 10.1. The van der Waals surface area contributed by atoms with Crippen LogP contribution >= 0.6 is 27.5 Å². The standard InChI is InChI=1S/C13H11BrClNO2/c1-7-5-9(14)6-8(2)11(7)16-13(17)10-3-4-18-12(10)15/h3-6H,1-2H3,(H,16,17). The molecule has 1 heterocycles. The molecule has 1 amide bonds. The first-order valence-electron chi connectivity index (χ1n) is 5.30. The molecule has 1 N–H and O–H groups in total. The number of hydrogen-bond acceptors (Lipinski definition) is 2. The molecule has 0 aliphatic rings. The van der Waals surface area contributed by atoms with Gasteiger partial charge in [0.1, 0.15) is 0 Å². The summed E-state index contributed by atoms with van der Waals surface area (Å²) in [5.74, 6) is -0.276. The van der Waals surface area contributed by atoms with Crippen LogP contribution in [-0.4, -0.2) is 5.91 Å². The Kier molecular flexibility index (Phi) is 3.78. The molecular weight excluding hydrogens is 318 g/mol. The number of carbonyl (C=O) groups excluding carboxylic acids is 1. The summed E-state index contributed by atoms with van der Waals surface area (Å²) in [5.41, 5.74) is 3.09. The molecule has 2 aromatic rings. The molecule has 3 nitrogen and oxygen atoms in total. The Bertz CT molecular complexity index is 584. The normalized spacial score (nSPS) is 10.4. The van der Waals surface area contributed by atoms with Crippen molar-refractivity contribution in [1.29, 1.82) is 0 Å². The molecular formula is C13H11BrClNO2. The van der Waals surface area contributed by atoms with Crippen LogP contribution in [0.25, 0.3) is 0 Å². The van der Waals surface area contributed by atoms with E-state index in [1.54, 1.807) is 6.07 Å². The first-order chi connectivity index (χ1) is 8.49. The summed E-state index contributed by atoms with van der Waals surface area (Å²) in [5, 5.41) is 2.94. The number of benzene rings is 1. The third kappa shape index (κ3) is 2.60. The molecule has 0 unspecified atom stereocenters. The molecule has 0 aliphatic heterocycles. The van der Waals surface area contributed by atoms with E-state index in [-0.39, 0.29) is 11.1 Å². The predicted molar refractivity (Wildman–Crippen MR) is 75.3 cm³/mol. The van der Waals surface area contributed by atoms with Crippen molar-refractivity contribution in [2.24, 2.45) is 0 Å². The van der Waals surface area contributed by atoms with Crippen LogP contribution in [0.1, 0.15) is 21.5 Å². The van der Waals surface area contributed by atoms with Gasteiger partial charge >= 0.3 is 0 Å². The van der Waals surface area contributed by atoms with E-state index in [1.165, 1.54) is 6.26 Å². The lowest BCUT2D eigenvalue weighted by molar-refractivity contribution is 0.102. The topological polar surface area (TPSA) is 42.2 Å². The molecule has 0 atom stereocenters. The molecule has 0 saturated carbocycles. The van der Waals surface area contributed by atoms with Gasteiger partial charge < -0.3 is 9.73 Å². The molecule has 94 valence electrons. The Morgan fingerprint density at radius 3 is 2.44 bits per heavy atom. The van der Waals surface area contributed by atoms with Crippen molar-refractivity contribution >= 4 is 39.1 Å². The van der Waals surface area contributed by atoms with E-state index in [0.29, 0.717) is 5.56 Å². The zero-order valence-corrected chi connectivity index (χ0v) is 12.2. The molecule has 0 fully saturated rings. The van der Waals surface area contributed by atoms with Crippen LogP contribution in [0.4, 0.5) is 5.69 Å². The lowest BCUT2D eigenvalue weighted by Gasteiger charge is -2.11. The van der Waals surface area contributed by atoms with Crippen LogP contribution in [0.2, 0.25) is 5.22 Å². The number of amides is 1. The van der Waals surface area contributed by atoms with Gasteiger partial charge in [-0.25, -0.2) is 0 Å². The quantitative estimate of drug-likeness (QED) is 0.877. The number of hydrogen-bond donors (Lipinski definition) is 1. The molecule has 0 aliphatic carbocycles. The Morgan fingerprint density at radius 1 is 1.33 bits per heavy atom. The van der Waals surface area contributed by atoms with Crippen LogP contribution in [0, 0.1) is 13.8 Å². The van der Waals surface area contributed by atoms with Crippen LogP contribution in [-0.2, 0) is 0 Å². The summed E-state index contributed by atoms with van der Waals surface area (Å²) in [7, 11) is 0. The van der Waals surface area contributed by atoms with E-state index >= 15 is 0 Å². The molecule has 18 heavy (non-hydrogen) atoms. The number of anilines is 1. The van der Waals surface area contributed by atoms with Crippen LogP contribution in [0.5, 0.6) is 0 Å². The van der Waals surface area contributed by atoms with Gasteiger partial charge in [0.2, 0.25) is 5.22 Å². The third-order valence-electron chi connectivity index (χ3n) is 2.60. The predicted octanol–water partition coefficient (Wildman–Crippen LogP) is 4.56. The van der Waals surface area contributed by atoms with Crippen LogP contribution < -0.4 is 5.32 Å². The maximum absolute atomic E-state index is 12.0. The average molecular weight is 329 g/mol. The highest BCUT2D eigenvalue weighted by atomic mass is 79.9. The highest BCUT2D eigenvalue weighted by molar-refractivity contribution is 9.10. The second-order valence-corrected chi connectivity index (χ2v) is 5.24. The molecule has 0 saturated heterocycles. The Labute approximate surface area is 118 Å². The Balaban J connectivity index is 2.31. The first kappa shape index (κ1) is 13.2. The maximum atomic E-state index is 12.0. The zero-order chi connectivity index (χ0) is 13.3. The minimum Gasteiger partial charge on any atom is -0.452 e. The van der Waals surface area contributed by atoms with Gasteiger partial charge in [0.05, 0.1) is 11.8 Å². The van der Waals surface area contributed by atoms with Crippen LogP contribution in [0.15, 0.2) is 33.4 Å². The van der Waals surface area contributed by atoms with Gasteiger partial charge in [-0.3, -0.25) is 4.79 Å². The fraction of sp³-hybridized carbons (Fsp3) is 0.154. The van der Waals surface area contributed by atoms with E-state index in [9.17, 15) is 4.79 Å².